The third kappa shape index (κ3) is 19.1. The van der Waals surface area contributed by atoms with Gasteiger partial charge in [0.1, 0.15) is 5.78 Å². The Labute approximate surface area is 416 Å². The fourth-order valence-electron chi connectivity index (χ4n) is 10.3. The standard InChI is InChI=1S/C20H26N4O.C12H13N3.C7H13NO.C7H15N.C7H12O.C2H6.CH4O/c1-14-6-5-9-16(12-14)21-20(25)24-11-10-18-17(13-24)19(23-22-18)15-7-3-2-4-8-15;1-2-4-9(5-3-1)12-10-8-13-7-6-11(10)14-15-12;1-6-3-2-4-7(5-6)8-9;2*1-6-3-2-4-7(8)5-6;2*1-2/h2-4,7-8,14,16H,5-6,9-13H2,1H3,(H,21,25)(H,22,23);1-5,13H,6-8H2,(H,14,15);6,9H,2-5H2,1H3;6-7H,2-5,8H2,1H3;6H,2-5H2,1H3;1-2H3;2H,1H3/b;;8-7-;;;;/i;;;;;1D;. The number of nitrogens with zero attached hydrogens (tertiary/aromatic N) is 4. The highest BCUT2D eigenvalue weighted by Crippen LogP contribution is 2.30. The maximum absolute atomic E-state index is 12.7. The number of ketones is 1. The van der Waals surface area contributed by atoms with Gasteiger partial charge in [-0.3, -0.25) is 15.0 Å². The molecule has 13 nitrogen and oxygen atoms in total. The number of rotatable bonds is 3. The van der Waals surface area contributed by atoms with Crippen LogP contribution in [0.5, 0.6) is 0 Å². The van der Waals surface area contributed by atoms with Gasteiger partial charge in [-0.2, -0.15) is 10.2 Å². The minimum absolute atomic E-state index is 0.0740. The van der Waals surface area contributed by atoms with Gasteiger partial charge >= 0.3 is 6.03 Å². The summed E-state index contributed by atoms with van der Waals surface area (Å²) in [6.07, 6.45) is 20.4. The molecule has 6 atom stereocenters. The number of aliphatic hydroxyl groups excluding tert-OH is 1. The van der Waals surface area contributed by atoms with Crippen LogP contribution in [0.4, 0.5) is 4.79 Å². The molecule has 2 amide bonds. The number of carbonyl (C=O) groups excluding carboxylic acids is 2. The number of hydrogen-bond acceptors (Lipinski definition) is 9. The smallest absolute Gasteiger partial charge is 0.317 e. The topological polar surface area (TPSA) is 198 Å². The quantitative estimate of drug-likeness (QED) is 0.0777. The van der Waals surface area contributed by atoms with Crippen LogP contribution in [-0.4, -0.2) is 85.4 Å². The number of aliphatic hydroxyl groups is 1. The van der Waals surface area contributed by atoms with Gasteiger partial charge in [-0.05, 0) is 87.9 Å². The molecule has 2 aromatic heterocycles. The first-order chi connectivity index (χ1) is 34.0. The van der Waals surface area contributed by atoms with Crippen molar-refractivity contribution in [2.24, 2.45) is 34.6 Å². The molecule has 8 N–H and O–H groups in total. The second kappa shape index (κ2) is 31.4. The SMILES string of the molecule is CC1CCC/C(=N/O)C1.CC1CCCC(=O)C1.CC1CCCC(N)C1.CC1CCCC(NC(=O)N2CCc3[nH]nc(-c4ccccc4)c3C2)C1.CO.[2H]CC.c1ccc(-c2n[nH]c3c2CNCC3)cc1. The molecule has 4 saturated carbocycles. The molecule has 4 fully saturated rings. The van der Waals surface area contributed by atoms with Gasteiger partial charge in [-0.25, -0.2) is 4.79 Å². The molecular formula is C56H89N9O4. The van der Waals surface area contributed by atoms with Gasteiger partial charge in [0.15, 0.2) is 0 Å². The van der Waals surface area contributed by atoms with Crippen molar-refractivity contribution in [3.8, 4) is 22.5 Å². The van der Waals surface area contributed by atoms with E-state index in [9.17, 15) is 9.59 Å². The zero-order chi connectivity index (χ0) is 50.7. The van der Waals surface area contributed by atoms with Crippen molar-refractivity contribution in [3.63, 3.8) is 0 Å². The highest BCUT2D eigenvalue weighted by atomic mass is 16.4. The van der Waals surface area contributed by atoms with Gasteiger partial charge in [0, 0.05) is 99.5 Å². The number of H-pyrrole nitrogens is 2. The van der Waals surface area contributed by atoms with Gasteiger partial charge < -0.3 is 31.6 Å². The first-order valence-electron chi connectivity index (χ1n) is 26.9. The number of nitrogens with two attached hydrogens (primary N) is 1. The second-order valence-corrected chi connectivity index (χ2v) is 19.9. The molecule has 0 spiro atoms. The Morgan fingerprint density at radius 1 is 0.739 bits per heavy atom. The summed E-state index contributed by atoms with van der Waals surface area (Å²) >= 11 is 0. The van der Waals surface area contributed by atoms with E-state index in [1.807, 2.05) is 41.3 Å². The maximum Gasteiger partial charge on any atom is 0.317 e. The Morgan fingerprint density at radius 3 is 1.80 bits per heavy atom. The number of Topliss-reactive ketones (excluding diaryl/α,β-unsaturated/α-hetero) is 1. The molecule has 6 aliphatic rings. The van der Waals surface area contributed by atoms with Crippen molar-refractivity contribution in [2.45, 2.75) is 182 Å². The van der Waals surface area contributed by atoms with Gasteiger partial charge in [0.2, 0.25) is 0 Å². The monoisotopic (exact) mass is 953 g/mol. The molecule has 0 radical (unpaired) electrons. The number of aromatic amines is 2. The van der Waals surface area contributed by atoms with E-state index < -0.39 is 0 Å². The van der Waals surface area contributed by atoms with Crippen LogP contribution in [0.1, 0.15) is 168 Å². The number of urea groups is 1. The predicted octanol–water partition coefficient (Wildman–Crippen LogP) is 11.4. The number of carbonyl (C=O) groups is 2. The lowest BCUT2D eigenvalue weighted by Crippen LogP contribution is -2.47. The molecule has 13 heteroatoms. The van der Waals surface area contributed by atoms with Crippen LogP contribution in [0.3, 0.4) is 0 Å². The van der Waals surface area contributed by atoms with Crippen molar-refractivity contribution in [2.75, 3.05) is 20.2 Å². The summed E-state index contributed by atoms with van der Waals surface area (Å²) in [5.41, 5.74) is 16.0. The van der Waals surface area contributed by atoms with Gasteiger partial charge in [0.05, 0.1) is 23.6 Å². The Morgan fingerprint density at radius 2 is 1.29 bits per heavy atom. The molecule has 4 aromatic rings. The van der Waals surface area contributed by atoms with Gasteiger partial charge in [-0.15, -0.1) is 0 Å². The van der Waals surface area contributed by atoms with Crippen molar-refractivity contribution >= 4 is 17.5 Å². The first-order valence-corrected chi connectivity index (χ1v) is 26.2. The van der Waals surface area contributed by atoms with Crippen LogP contribution < -0.4 is 16.4 Å². The molecule has 4 heterocycles. The second-order valence-electron chi connectivity index (χ2n) is 19.9. The van der Waals surface area contributed by atoms with Crippen LogP contribution in [-0.2, 0) is 30.7 Å². The Hall–Kier alpha value is -4.85. The molecule has 10 rings (SSSR count). The predicted molar refractivity (Wildman–Crippen MR) is 282 cm³/mol. The molecule has 0 bridgehead atoms. The Balaban J connectivity index is 0.000000202. The minimum Gasteiger partial charge on any atom is -0.411 e. The summed E-state index contributed by atoms with van der Waals surface area (Å²) in [5, 5.41) is 40.5. The summed E-state index contributed by atoms with van der Waals surface area (Å²) in [6.45, 7) is 14.6. The number of hydrogen-bond donors (Lipinski definition) is 7. The summed E-state index contributed by atoms with van der Waals surface area (Å²) in [5.74, 6) is 3.45. The van der Waals surface area contributed by atoms with Crippen LogP contribution in [0.25, 0.3) is 22.5 Å². The van der Waals surface area contributed by atoms with Crippen molar-refractivity contribution < 1.29 is 21.3 Å². The van der Waals surface area contributed by atoms with Crippen LogP contribution >= 0.6 is 0 Å². The number of benzene rings is 2. The largest absolute Gasteiger partial charge is 0.411 e. The Kier molecular flexibility index (Phi) is 25.1. The summed E-state index contributed by atoms with van der Waals surface area (Å²) in [4.78, 5) is 25.3. The van der Waals surface area contributed by atoms with E-state index >= 15 is 0 Å². The number of amides is 2. The van der Waals surface area contributed by atoms with E-state index in [0.717, 1.165) is 130 Å². The average molecular weight is 953 g/mol. The zero-order valence-electron chi connectivity index (χ0n) is 44.1. The number of aromatic nitrogens is 4. The number of fused-ring (bicyclic) bond motifs is 2. The lowest BCUT2D eigenvalue weighted by Gasteiger charge is -2.32. The molecule has 4 aliphatic carbocycles. The van der Waals surface area contributed by atoms with Crippen molar-refractivity contribution in [1.29, 1.82) is 0 Å². The maximum atomic E-state index is 12.7. The lowest BCUT2D eigenvalue weighted by molar-refractivity contribution is -0.121. The molecule has 6 unspecified atom stereocenters. The molecule has 0 saturated heterocycles. The van der Waals surface area contributed by atoms with E-state index in [0.29, 0.717) is 43.1 Å². The van der Waals surface area contributed by atoms with E-state index in [1.54, 1.807) is 6.92 Å². The molecular weight excluding hydrogens is 863 g/mol. The van der Waals surface area contributed by atoms with Gasteiger partial charge in [0.25, 0.3) is 0 Å². The van der Waals surface area contributed by atoms with Crippen LogP contribution in [0.15, 0.2) is 65.8 Å². The lowest BCUT2D eigenvalue weighted by atomic mass is 9.87. The highest BCUT2D eigenvalue weighted by molar-refractivity contribution is 5.84. The number of nitrogens with one attached hydrogen (secondary N) is 4. The molecule has 2 aromatic carbocycles. The molecule has 2 aliphatic heterocycles. The van der Waals surface area contributed by atoms with Gasteiger partial charge in [-0.1, -0.05) is 133 Å². The third-order valence-corrected chi connectivity index (χ3v) is 14.0. The minimum atomic E-state index is 0.0740. The first kappa shape index (κ1) is 55.1. The van der Waals surface area contributed by atoms with E-state index in [-0.39, 0.29) is 6.03 Å². The van der Waals surface area contributed by atoms with E-state index in [2.05, 4.69) is 88.1 Å². The fourth-order valence-corrected chi connectivity index (χ4v) is 10.3. The number of oxime groups is 1. The van der Waals surface area contributed by atoms with Crippen LogP contribution in [0, 0.1) is 23.7 Å². The fraction of sp³-hybridized carbons (Fsp3) is 0.625. The van der Waals surface area contributed by atoms with Crippen molar-refractivity contribution in [3.05, 3.63) is 83.2 Å². The summed E-state index contributed by atoms with van der Waals surface area (Å²) in [7, 11) is 1.00. The molecule has 382 valence electrons. The average Bonchev–Trinajstić information content (AvgIpc) is 4.01. The normalized spacial score (nSPS) is 24.5. The van der Waals surface area contributed by atoms with Crippen molar-refractivity contribution in [1.82, 2.24) is 35.9 Å². The highest BCUT2D eigenvalue weighted by Gasteiger charge is 2.28. The third-order valence-electron chi connectivity index (χ3n) is 14.0. The summed E-state index contributed by atoms with van der Waals surface area (Å²) in [6, 6.07) is 21.4. The van der Waals surface area contributed by atoms with E-state index in [1.165, 1.54) is 74.6 Å². The molecule has 69 heavy (non-hydrogen) atoms. The zero-order valence-corrected chi connectivity index (χ0v) is 43.1. The summed E-state index contributed by atoms with van der Waals surface area (Å²) < 4.78 is 6.21. The van der Waals surface area contributed by atoms with Crippen LogP contribution in [0.2, 0.25) is 0 Å². The Bertz CT molecular complexity index is 2090. The van der Waals surface area contributed by atoms with E-state index in [4.69, 9.17) is 17.4 Å².